The summed E-state index contributed by atoms with van der Waals surface area (Å²) in [5.74, 6) is 0.544. The van der Waals surface area contributed by atoms with Gasteiger partial charge in [0.15, 0.2) is 0 Å². The summed E-state index contributed by atoms with van der Waals surface area (Å²) in [6.45, 7) is 5.81. The maximum atomic E-state index is 8.70. The Morgan fingerprint density at radius 1 is 0.763 bits per heavy atom. The van der Waals surface area contributed by atoms with Gasteiger partial charge >= 0.3 is 0 Å². The van der Waals surface area contributed by atoms with Crippen LogP contribution >= 0.6 is 0 Å². The van der Waals surface area contributed by atoms with Crippen LogP contribution in [-0.4, -0.2) is 16.8 Å². The van der Waals surface area contributed by atoms with Crippen molar-refractivity contribution >= 4 is 11.4 Å². The Kier molecular flexibility index (Phi) is 9.31. The van der Waals surface area contributed by atoms with Gasteiger partial charge in [0.1, 0.15) is 11.6 Å². The molecule has 4 aromatic rings. The molecule has 1 aliphatic carbocycles. The average Bonchev–Trinajstić information content (AvgIpc) is 2.99. The van der Waals surface area contributed by atoms with Crippen LogP contribution in [0.4, 0.5) is 5.69 Å². The lowest BCUT2D eigenvalue weighted by atomic mass is 9.76. The van der Waals surface area contributed by atoms with Crippen molar-refractivity contribution in [2.24, 2.45) is 0 Å². The van der Waals surface area contributed by atoms with Crippen LogP contribution in [0.5, 0.6) is 5.88 Å². The van der Waals surface area contributed by atoms with Gasteiger partial charge in [0, 0.05) is 11.9 Å². The fourth-order valence-electron chi connectivity index (χ4n) is 5.32. The van der Waals surface area contributed by atoms with Crippen molar-refractivity contribution in [3.05, 3.63) is 126 Å². The number of hydrogen-bond acceptors (Lipinski definition) is 4. The Morgan fingerprint density at radius 2 is 1.24 bits per heavy atom. The van der Waals surface area contributed by atoms with Crippen LogP contribution in [0.2, 0.25) is 0 Å². The van der Waals surface area contributed by atoms with Crippen molar-refractivity contribution in [1.29, 1.82) is 5.41 Å². The molecule has 0 bridgehead atoms. The molecule has 0 spiro atoms. The van der Waals surface area contributed by atoms with Crippen LogP contribution in [0.25, 0.3) is 0 Å². The molecule has 38 heavy (non-hydrogen) atoms. The molecule has 4 heteroatoms. The van der Waals surface area contributed by atoms with E-state index >= 15 is 0 Å². The second-order valence-corrected chi connectivity index (χ2v) is 9.51. The Bertz CT molecular complexity index is 1190. The second kappa shape index (κ2) is 13.0. The molecule has 1 fully saturated rings. The van der Waals surface area contributed by atoms with Crippen molar-refractivity contribution in [3.8, 4) is 5.88 Å². The predicted molar refractivity (Wildman–Crippen MR) is 158 cm³/mol. The highest BCUT2D eigenvalue weighted by Crippen LogP contribution is 2.41. The van der Waals surface area contributed by atoms with Gasteiger partial charge in [-0.2, -0.15) is 0 Å². The molecule has 0 atom stereocenters. The molecule has 0 amide bonds. The fraction of sp³-hybridized carbons (Fsp3) is 0.294. The number of aromatic nitrogens is 1. The molecular formula is C34H39N3O. The van der Waals surface area contributed by atoms with E-state index in [1.54, 1.807) is 6.20 Å². The number of rotatable bonds is 8. The molecule has 1 heterocycles. The van der Waals surface area contributed by atoms with Gasteiger partial charge in [0.2, 0.25) is 5.88 Å². The summed E-state index contributed by atoms with van der Waals surface area (Å²) in [4.78, 5) is 4.60. The van der Waals surface area contributed by atoms with Crippen LogP contribution < -0.4 is 10.1 Å². The lowest BCUT2D eigenvalue weighted by Gasteiger charge is -2.38. The molecule has 196 valence electrons. The van der Waals surface area contributed by atoms with Crippen molar-refractivity contribution in [2.45, 2.75) is 64.5 Å². The Morgan fingerprint density at radius 3 is 1.68 bits per heavy atom. The smallest absolute Gasteiger partial charge is 0.224 e. The number of hydrogen-bond donors (Lipinski definition) is 2. The van der Waals surface area contributed by atoms with Crippen molar-refractivity contribution in [1.82, 2.24) is 4.98 Å². The van der Waals surface area contributed by atoms with Gasteiger partial charge in [0.05, 0.1) is 11.3 Å². The maximum absolute atomic E-state index is 8.70. The maximum Gasteiger partial charge on any atom is 0.224 e. The average molecular weight is 506 g/mol. The fourth-order valence-corrected chi connectivity index (χ4v) is 5.32. The summed E-state index contributed by atoms with van der Waals surface area (Å²) < 4.78 is 6.43. The predicted octanol–water partition coefficient (Wildman–Crippen LogP) is 8.61. The first-order chi connectivity index (χ1) is 18.7. The van der Waals surface area contributed by atoms with Crippen LogP contribution in [-0.2, 0) is 5.54 Å². The molecule has 2 N–H and O–H groups in total. The van der Waals surface area contributed by atoms with Gasteiger partial charge in [-0.25, -0.2) is 4.98 Å². The number of ether oxygens (including phenoxy) is 1. The van der Waals surface area contributed by atoms with E-state index in [4.69, 9.17) is 10.1 Å². The minimum atomic E-state index is -0.683. The van der Waals surface area contributed by atoms with Gasteiger partial charge in [-0.15, -0.1) is 0 Å². The first-order valence-electron chi connectivity index (χ1n) is 13.8. The monoisotopic (exact) mass is 505 g/mol. The normalized spacial score (nSPS) is 13.7. The third kappa shape index (κ3) is 5.80. The van der Waals surface area contributed by atoms with E-state index in [9.17, 15) is 0 Å². The van der Waals surface area contributed by atoms with Gasteiger partial charge in [-0.05, 0) is 55.4 Å². The van der Waals surface area contributed by atoms with E-state index in [0.29, 0.717) is 11.6 Å². The summed E-state index contributed by atoms with van der Waals surface area (Å²) >= 11 is 0. The number of anilines is 1. The highest BCUT2D eigenvalue weighted by molar-refractivity contribution is 6.03. The van der Waals surface area contributed by atoms with E-state index in [2.05, 4.69) is 83.1 Å². The summed E-state index contributed by atoms with van der Waals surface area (Å²) in [5, 5.41) is 12.6. The van der Waals surface area contributed by atoms with Crippen LogP contribution in [0, 0.1) is 5.41 Å². The lowest BCUT2D eigenvalue weighted by molar-refractivity contribution is 0.148. The van der Waals surface area contributed by atoms with Crippen LogP contribution in [0.15, 0.2) is 103 Å². The highest BCUT2D eigenvalue weighted by atomic mass is 16.5. The molecule has 0 aliphatic heterocycles. The van der Waals surface area contributed by atoms with Crippen molar-refractivity contribution in [3.63, 3.8) is 0 Å². The molecule has 3 aromatic carbocycles. The Balaban J connectivity index is 0.00000164. The molecule has 0 radical (unpaired) electrons. The number of nitrogens with zero attached hydrogens (tertiary/aromatic N) is 1. The standard InChI is InChI=1S/C32H33N3O.C2H6/c1-24(33)30-29(22-23-34-31(30)36-28-20-12-5-13-21-28)35-32(25-14-6-2-7-15-25,26-16-8-3-9-17-26)27-18-10-4-11-19-27;1-2/h2-4,6-11,14-19,22-23,28,33H,5,12-13,20-21H2,1H3,(H,34,35);1-2H3. The van der Waals surface area contributed by atoms with E-state index in [1.165, 1.54) is 19.3 Å². The topological polar surface area (TPSA) is 58.0 Å². The minimum Gasteiger partial charge on any atom is -0.474 e. The molecule has 1 aromatic heterocycles. The molecule has 0 unspecified atom stereocenters. The molecule has 5 rings (SSSR count). The highest BCUT2D eigenvalue weighted by Gasteiger charge is 2.37. The summed E-state index contributed by atoms with van der Waals surface area (Å²) in [7, 11) is 0. The Labute approximate surface area is 227 Å². The zero-order chi connectivity index (χ0) is 26.8. The molecule has 1 aliphatic rings. The third-order valence-electron chi connectivity index (χ3n) is 7.06. The van der Waals surface area contributed by atoms with Gasteiger partial charge in [0.25, 0.3) is 0 Å². The molecule has 0 saturated heterocycles. The zero-order valence-electron chi connectivity index (χ0n) is 22.8. The van der Waals surface area contributed by atoms with E-state index < -0.39 is 5.54 Å². The van der Waals surface area contributed by atoms with E-state index in [0.717, 1.165) is 40.8 Å². The summed E-state index contributed by atoms with van der Waals surface area (Å²) in [6, 6.07) is 33.5. The third-order valence-corrected chi connectivity index (χ3v) is 7.06. The summed E-state index contributed by atoms with van der Waals surface area (Å²) in [5.41, 5.74) is 4.64. The zero-order valence-corrected chi connectivity index (χ0v) is 22.8. The molecule has 4 nitrogen and oxygen atoms in total. The van der Waals surface area contributed by atoms with E-state index in [1.807, 2.05) is 45.0 Å². The van der Waals surface area contributed by atoms with Crippen LogP contribution in [0.3, 0.4) is 0 Å². The lowest BCUT2D eigenvalue weighted by Crippen LogP contribution is -2.38. The van der Waals surface area contributed by atoms with Gasteiger partial charge < -0.3 is 15.5 Å². The van der Waals surface area contributed by atoms with Crippen molar-refractivity contribution < 1.29 is 4.74 Å². The minimum absolute atomic E-state index is 0.154. The Hall–Kier alpha value is -3.92. The van der Waals surface area contributed by atoms with E-state index in [-0.39, 0.29) is 6.10 Å². The quantitative estimate of drug-likeness (QED) is 0.186. The van der Waals surface area contributed by atoms with Crippen molar-refractivity contribution in [2.75, 3.05) is 5.32 Å². The number of nitrogens with one attached hydrogen (secondary N) is 2. The SMILES string of the molecule is CC.CC(=N)c1c(NC(c2ccccc2)(c2ccccc2)c2ccccc2)ccnc1OC1CCCCC1. The number of pyridine rings is 1. The molecular weight excluding hydrogens is 466 g/mol. The number of benzene rings is 3. The first-order valence-corrected chi connectivity index (χ1v) is 13.8. The van der Waals surface area contributed by atoms with Gasteiger partial charge in [-0.1, -0.05) is 111 Å². The van der Waals surface area contributed by atoms with Gasteiger partial charge in [-0.3, -0.25) is 0 Å². The first kappa shape index (κ1) is 27.1. The molecule has 1 saturated carbocycles. The second-order valence-electron chi connectivity index (χ2n) is 9.51. The largest absolute Gasteiger partial charge is 0.474 e. The summed E-state index contributed by atoms with van der Waals surface area (Å²) in [6.07, 6.45) is 7.65. The van der Waals surface area contributed by atoms with Crippen LogP contribution in [0.1, 0.15) is 75.1 Å².